The summed E-state index contributed by atoms with van der Waals surface area (Å²) >= 11 is 3.45. The number of ether oxygens (including phenoxy) is 1. The van der Waals surface area contributed by atoms with E-state index in [9.17, 15) is 4.79 Å². The number of aryl methyl sites for hydroxylation is 1. The predicted octanol–water partition coefficient (Wildman–Crippen LogP) is 4.19. The zero-order valence-electron chi connectivity index (χ0n) is 17.1. The lowest BCUT2D eigenvalue weighted by molar-refractivity contribution is 0.00578. The van der Waals surface area contributed by atoms with Gasteiger partial charge in [-0.1, -0.05) is 0 Å². The third kappa shape index (κ3) is 3.67. The summed E-state index contributed by atoms with van der Waals surface area (Å²) in [6, 6.07) is 1.88. The molecule has 0 unspecified atom stereocenters. The molecule has 27 heavy (non-hydrogen) atoms. The Kier molecular flexibility index (Phi) is 4.77. The van der Waals surface area contributed by atoms with Crippen LogP contribution >= 0.6 is 15.9 Å². The molecule has 1 saturated heterocycles. The SMILES string of the molecule is Cc1nc(Br)cc2c(B3OC(C)(C)C(C)(C)O3)cn(C(=O)OC(C)(C)C)c12. The second-order valence-corrected chi connectivity index (χ2v) is 9.76. The maximum Gasteiger partial charge on any atom is 0.497 e. The smallest absolute Gasteiger partial charge is 0.443 e. The van der Waals surface area contributed by atoms with Crippen LogP contribution in [0.5, 0.6) is 0 Å². The Hall–Kier alpha value is -1.38. The Bertz CT molecular complexity index is 899. The second kappa shape index (κ2) is 6.32. The van der Waals surface area contributed by atoms with Gasteiger partial charge in [0.1, 0.15) is 10.2 Å². The average molecular weight is 437 g/mol. The normalized spacial score (nSPS) is 18.9. The fourth-order valence-electron chi connectivity index (χ4n) is 3.04. The number of halogens is 1. The van der Waals surface area contributed by atoms with Crippen LogP contribution in [0.25, 0.3) is 10.9 Å². The van der Waals surface area contributed by atoms with Crippen molar-refractivity contribution in [2.45, 2.75) is 72.2 Å². The number of aromatic nitrogens is 2. The van der Waals surface area contributed by atoms with Crippen LogP contribution in [0.15, 0.2) is 16.9 Å². The van der Waals surface area contributed by atoms with Crippen molar-refractivity contribution >= 4 is 45.5 Å². The number of pyridine rings is 1. The van der Waals surface area contributed by atoms with E-state index in [0.717, 1.165) is 10.8 Å². The minimum atomic E-state index is -0.602. The summed E-state index contributed by atoms with van der Waals surface area (Å²) in [6.07, 6.45) is 1.28. The van der Waals surface area contributed by atoms with Crippen LogP contribution in [0.1, 0.15) is 54.2 Å². The van der Waals surface area contributed by atoms with Crippen LogP contribution in [0, 0.1) is 6.92 Å². The first-order valence-electron chi connectivity index (χ1n) is 8.99. The summed E-state index contributed by atoms with van der Waals surface area (Å²) in [5, 5.41) is 0.846. The van der Waals surface area contributed by atoms with Gasteiger partial charge in [-0.15, -0.1) is 0 Å². The molecule has 0 N–H and O–H groups in total. The number of carbonyl (C=O) groups is 1. The molecule has 0 aliphatic carbocycles. The number of carbonyl (C=O) groups excluding carboxylic acids is 1. The molecule has 1 aliphatic rings. The van der Waals surface area contributed by atoms with Crippen molar-refractivity contribution in [2.24, 2.45) is 0 Å². The predicted molar refractivity (Wildman–Crippen MR) is 110 cm³/mol. The van der Waals surface area contributed by atoms with Gasteiger partial charge in [-0.25, -0.2) is 9.78 Å². The standard InChI is InChI=1S/C19H26BBrN2O4/c1-11-15-12(9-14(21)22-11)13(10-23(15)16(24)25-17(2,3)4)20-26-18(5,6)19(7,8)27-20/h9-10H,1-8H3. The average Bonchev–Trinajstić information content (AvgIpc) is 2.92. The topological polar surface area (TPSA) is 62.6 Å². The van der Waals surface area contributed by atoms with Crippen molar-refractivity contribution in [1.29, 1.82) is 0 Å². The van der Waals surface area contributed by atoms with Gasteiger partial charge >= 0.3 is 13.2 Å². The first-order chi connectivity index (χ1) is 12.2. The van der Waals surface area contributed by atoms with E-state index >= 15 is 0 Å². The summed E-state index contributed by atoms with van der Waals surface area (Å²) < 4.78 is 20.2. The largest absolute Gasteiger partial charge is 0.497 e. The van der Waals surface area contributed by atoms with E-state index in [4.69, 9.17) is 14.0 Å². The molecule has 0 spiro atoms. The molecule has 146 valence electrons. The van der Waals surface area contributed by atoms with Crippen molar-refractivity contribution in [3.63, 3.8) is 0 Å². The summed E-state index contributed by atoms with van der Waals surface area (Å²) in [6.45, 7) is 15.4. The monoisotopic (exact) mass is 436 g/mol. The lowest BCUT2D eigenvalue weighted by Gasteiger charge is -2.32. The molecule has 3 rings (SSSR count). The van der Waals surface area contributed by atoms with Gasteiger partial charge in [0, 0.05) is 17.0 Å². The third-order valence-corrected chi connectivity index (χ3v) is 5.46. The fourth-order valence-corrected chi connectivity index (χ4v) is 3.53. The molecule has 2 aromatic rings. The molecule has 0 aromatic carbocycles. The van der Waals surface area contributed by atoms with Crippen molar-refractivity contribution in [3.05, 3.63) is 22.6 Å². The molecule has 0 amide bonds. The zero-order chi connectivity index (χ0) is 20.4. The minimum absolute atomic E-state index is 0.456. The molecule has 0 bridgehead atoms. The van der Waals surface area contributed by atoms with Crippen LogP contribution in [0.3, 0.4) is 0 Å². The Balaban J connectivity index is 2.16. The van der Waals surface area contributed by atoms with Crippen LogP contribution in [-0.4, -0.2) is 39.6 Å². The van der Waals surface area contributed by atoms with Crippen molar-refractivity contribution in [2.75, 3.05) is 0 Å². The highest BCUT2D eigenvalue weighted by Gasteiger charge is 2.52. The highest BCUT2D eigenvalue weighted by molar-refractivity contribution is 9.10. The molecule has 3 heterocycles. The number of nitrogens with zero attached hydrogens (tertiary/aromatic N) is 2. The van der Waals surface area contributed by atoms with E-state index in [0.29, 0.717) is 15.8 Å². The molecule has 2 aromatic heterocycles. The molecular weight excluding hydrogens is 411 g/mol. The van der Waals surface area contributed by atoms with Gasteiger partial charge in [-0.2, -0.15) is 0 Å². The lowest BCUT2D eigenvalue weighted by atomic mass is 9.79. The highest BCUT2D eigenvalue weighted by atomic mass is 79.9. The molecule has 8 heteroatoms. The Morgan fingerprint density at radius 2 is 1.78 bits per heavy atom. The van der Waals surface area contributed by atoms with E-state index in [-0.39, 0.29) is 0 Å². The summed E-state index contributed by atoms with van der Waals surface area (Å²) in [5.41, 5.74) is 0.634. The minimum Gasteiger partial charge on any atom is -0.443 e. The third-order valence-electron chi connectivity index (χ3n) is 5.05. The van der Waals surface area contributed by atoms with Crippen LogP contribution < -0.4 is 5.46 Å². The van der Waals surface area contributed by atoms with E-state index < -0.39 is 30.0 Å². The zero-order valence-corrected chi connectivity index (χ0v) is 18.7. The highest BCUT2D eigenvalue weighted by Crippen LogP contribution is 2.37. The molecule has 6 nitrogen and oxygen atoms in total. The van der Waals surface area contributed by atoms with Crippen LogP contribution in [-0.2, 0) is 14.0 Å². The molecular formula is C19H26BBrN2O4. The molecule has 1 aliphatic heterocycles. The van der Waals surface area contributed by atoms with E-state index in [1.807, 2.05) is 61.5 Å². The molecule has 0 radical (unpaired) electrons. The van der Waals surface area contributed by atoms with Crippen molar-refractivity contribution < 1.29 is 18.8 Å². The Labute approximate surface area is 168 Å². The number of hydrogen-bond acceptors (Lipinski definition) is 5. The van der Waals surface area contributed by atoms with Gasteiger partial charge in [0.15, 0.2) is 0 Å². The first-order valence-corrected chi connectivity index (χ1v) is 9.78. The van der Waals surface area contributed by atoms with Crippen molar-refractivity contribution in [3.8, 4) is 0 Å². The van der Waals surface area contributed by atoms with Gasteiger partial charge in [0.25, 0.3) is 0 Å². The van der Waals surface area contributed by atoms with Gasteiger partial charge in [-0.3, -0.25) is 4.57 Å². The molecule has 1 fully saturated rings. The van der Waals surface area contributed by atoms with Gasteiger partial charge < -0.3 is 14.0 Å². The summed E-state index contributed by atoms with van der Waals surface area (Å²) in [7, 11) is -0.588. The van der Waals surface area contributed by atoms with E-state index in [1.54, 1.807) is 6.20 Å². The Morgan fingerprint density at radius 3 is 2.30 bits per heavy atom. The Morgan fingerprint density at radius 1 is 1.22 bits per heavy atom. The van der Waals surface area contributed by atoms with Crippen molar-refractivity contribution in [1.82, 2.24) is 9.55 Å². The van der Waals surface area contributed by atoms with Crippen LogP contribution in [0.4, 0.5) is 4.79 Å². The second-order valence-electron chi connectivity index (χ2n) is 8.95. The number of hydrogen-bond donors (Lipinski definition) is 0. The summed E-state index contributed by atoms with van der Waals surface area (Å²) in [4.78, 5) is 17.3. The maximum absolute atomic E-state index is 12.8. The fraction of sp³-hybridized carbons (Fsp3) is 0.579. The van der Waals surface area contributed by atoms with Gasteiger partial charge in [0.05, 0.1) is 22.4 Å². The van der Waals surface area contributed by atoms with Gasteiger partial charge in [0.2, 0.25) is 0 Å². The number of rotatable bonds is 1. The molecule has 0 atom stereocenters. The lowest BCUT2D eigenvalue weighted by Crippen LogP contribution is -2.41. The van der Waals surface area contributed by atoms with Crippen LogP contribution in [0.2, 0.25) is 0 Å². The quantitative estimate of drug-likeness (QED) is 0.495. The maximum atomic E-state index is 12.8. The number of fused-ring (bicyclic) bond motifs is 1. The van der Waals surface area contributed by atoms with E-state index in [1.165, 1.54) is 4.57 Å². The van der Waals surface area contributed by atoms with E-state index in [2.05, 4.69) is 20.9 Å². The first kappa shape index (κ1) is 20.4. The van der Waals surface area contributed by atoms with Gasteiger partial charge in [-0.05, 0) is 77.4 Å². The molecule has 0 saturated carbocycles. The summed E-state index contributed by atoms with van der Waals surface area (Å²) in [5.74, 6) is 0.